The van der Waals surface area contributed by atoms with Crippen molar-refractivity contribution in [3.63, 3.8) is 0 Å². The van der Waals surface area contributed by atoms with Gasteiger partial charge in [0.25, 0.3) is 0 Å². The van der Waals surface area contributed by atoms with E-state index in [1.807, 2.05) is 31.2 Å². The molecule has 0 radical (unpaired) electrons. The van der Waals surface area contributed by atoms with Crippen molar-refractivity contribution in [1.29, 1.82) is 0 Å². The molecule has 2 aromatic carbocycles. The fraction of sp³-hybridized carbons (Fsp3) is 0.263. The first-order chi connectivity index (χ1) is 12.8. The maximum absolute atomic E-state index is 12.9. The highest BCUT2D eigenvalue weighted by atomic mass is 32.1. The Hall–Kier alpha value is -2.61. The lowest BCUT2D eigenvalue weighted by atomic mass is 10.1. The molecule has 0 aliphatic carbocycles. The van der Waals surface area contributed by atoms with E-state index in [9.17, 15) is 18.0 Å². The van der Waals surface area contributed by atoms with E-state index in [1.165, 1.54) is 18.2 Å². The van der Waals surface area contributed by atoms with E-state index in [2.05, 4.69) is 10.6 Å². The first-order valence-electron chi connectivity index (χ1n) is 8.22. The van der Waals surface area contributed by atoms with Gasteiger partial charge in [-0.25, -0.2) is 0 Å². The Morgan fingerprint density at radius 3 is 2.44 bits per heavy atom. The average Bonchev–Trinajstić information content (AvgIpc) is 2.59. The number of hydrogen-bond acceptors (Lipinski definition) is 3. The number of para-hydroxylation sites is 1. The quantitative estimate of drug-likeness (QED) is 0.550. The number of hydrogen-bond donors (Lipinski definition) is 2. The number of rotatable bonds is 6. The van der Waals surface area contributed by atoms with Crippen molar-refractivity contribution in [1.82, 2.24) is 5.32 Å². The molecule has 0 saturated carbocycles. The number of thiocarbonyl (C=S) groups is 1. The van der Waals surface area contributed by atoms with Crippen LogP contribution in [0.4, 0.5) is 18.9 Å². The van der Waals surface area contributed by atoms with Gasteiger partial charge in [-0.15, -0.1) is 0 Å². The maximum atomic E-state index is 12.9. The van der Waals surface area contributed by atoms with Crippen molar-refractivity contribution in [3.05, 3.63) is 59.7 Å². The van der Waals surface area contributed by atoms with Gasteiger partial charge in [-0.3, -0.25) is 4.79 Å². The molecule has 0 aromatic heterocycles. The molecule has 2 rings (SSSR count). The van der Waals surface area contributed by atoms with Crippen LogP contribution in [-0.2, 0) is 11.0 Å². The van der Waals surface area contributed by atoms with Crippen LogP contribution in [0.5, 0.6) is 5.75 Å². The van der Waals surface area contributed by atoms with E-state index in [0.717, 1.165) is 11.6 Å². The Labute approximate surface area is 160 Å². The number of benzene rings is 2. The van der Waals surface area contributed by atoms with Gasteiger partial charge >= 0.3 is 6.18 Å². The minimum atomic E-state index is -4.52. The summed E-state index contributed by atoms with van der Waals surface area (Å²) in [5.41, 5.74) is 0.0564. The third kappa shape index (κ3) is 6.90. The van der Waals surface area contributed by atoms with E-state index < -0.39 is 17.6 Å². The molecule has 27 heavy (non-hydrogen) atoms. The Kier molecular flexibility index (Phi) is 7.18. The van der Waals surface area contributed by atoms with Crippen LogP contribution in [0.3, 0.4) is 0 Å². The highest BCUT2D eigenvalue weighted by Gasteiger charge is 2.33. The van der Waals surface area contributed by atoms with Crippen LogP contribution in [0.15, 0.2) is 48.5 Å². The number of aryl methyl sites for hydroxylation is 1. The zero-order valence-corrected chi connectivity index (χ0v) is 15.4. The van der Waals surface area contributed by atoms with Crippen molar-refractivity contribution in [2.75, 3.05) is 11.9 Å². The highest BCUT2D eigenvalue weighted by molar-refractivity contribution is 7.80. The van der Waals surface area contributed by atoms with Crippen molar-refractivity contribution in [2.45, 2.75) is 25.9 Å². The summed E-state index contributed by atoms with van der Waals surface area (Å²) in [5, 5.41) is 4.61. The zero-order valence-electron chi connectivity index (χ0n) is 14.6. The first-order valence-corrected chi connectivity index (χ1v) is 8.63. The van der Waals surface area contributed by atoms with Crippen LogP contribution in [0.1, 0.15) is 24.0 Å². The molecule has 1 amide bonds. The molecule has 0 spiro atoms. The van der Waals surface area contributed by atoms with Gasteiger partial charge in [-0.2, -0.15) is 13.2 Å². The predicted molar refractivity (Wildman–Crippen MR) is 102 cm³/mol. The van der Waals surface area contributed by atoms with Crippen molar-refractivity contribution < 1.29 is 22.7 Å². The molecule has 4 nitrogen and oxygen atoms in total. The molecular formula is C19H19F3N2O2S. The fourth-order valence-electron chi connectivity index (χ4n) is 2.24. The standard InChI is InChI=1S/C19H19F3N2O2S/c1-13-8-10-14(11-9-13)26-12-4-7-17(25)24-18(27)23-16-6-3-2-5-15(16)19(20,21)22/h2-3,5-6,8-11H,4,7,12H2,1H3,(H2,23,24,25,27). The molecule has 0 aliphatic rings. The van der Waals surface area contributed by atoms with E-state index in [0.29, 0.717) is 18.8 Å². The van der Waals surface area contributed by atoms with Crippen molar-refractivity contribution in [3.8, 4) is 5.75 Å². The van der Waals surface area contributed by atoms with Gasteiger partial charge in [0.15, 0.2) is 5.11 Å². The van der Waals surface area contributed by atoms with Gasteiger partial charge in [0.2, 0.25) is 5.91 Å². The van der Waals surface area contributed by atoms with E-state index in [-0.39, 0.29) is 17.2 Å². The lowest BCUT2D eigenvalue weighted by molar-refractivity contribution is -0.136. The highest BCUT2D eigenvalue weighted by Crippen LogP contribution is 2.34. The van der Waals surface area contributed by atoms with Gasteiger partial charge in [-0.05, 0) is 49.8 Å². The maximum Gasteiger partial charge on any atom is 0.418 e. The van der Waals surface area contributed by atoms with Crippen molar-refractivity contribution in [2.24, 2.45) is 0 Å². The number of nitrogens with one attached hydrogen (secondary N) is 2. The molecule has 0 unspecified atom stereocenters. The SMILES string of the molecule is Cc1ccc(OCCCC(=O)NC(=S)Nc2ccccc2C(F)(F)F)cc1. The Bertz CT molecular complexity index is 792. The predicted octanol–water partition coefficient (Wildman–Crippen LogP) is 4.69. The number of ether oxygens (including phenoxy) is 1. The van der Waals surface area contributed by atoms with Crippen molar-refractivity contribution >= 4 is 28.9 Å². The molecule has 0 heterocycles. The Balaban J connectivity index is 1.76. The molecule has 0 bridgehead atoms. The molecule has 144 valence electrons. The van der Waals surface area contributed by atoms with E-state index in [1.54, 1.807) is 0 Å². The minimum absolute atomic E-state index is 0.134. The Morgan fingerprint density at radius 1 is 1.11 bits per heavy atom. The second kappa shape index (κ2) is 9.36. The first kappa shape index (κ1) is 20.7. The molecule has 8 heteroatoms. The normalized spacial score (nSPS) is 11.0. The van der Waals surface area contributed by atoms with Crippen LogP contribution in [0.2, 0.25) is 0 Å². The summed E-state index contributed by atoms with van der Waals surface area (Å²) in [5.74, 6) is 0.312. The molecular weight excluding hydrogens is 377 g/mol. The molecule has 0 saturated heterocycles. The number of amides is 1. The number of anilines is 1. The third-order valence-electron chi connectivity index (χ3n) is 3.57. The van der Waals surface area contributed by atoms with Gasteiger partial charge in [-0.1, -0.05) is 29.8 Å². The van der Waals surface area contributed by atoms with E-state index in [4.69, 9.17) is 17.0 Å². The number of carbonyl (C=O) groups excluding carboxylic acids is 1. The Morgan fingerprint density at radius 2 is 1.78 bits per heavy atom. The van der Waals surface area contributed by atoms with Crippen LogP contribution in [0.25, 0.3) is 0 Å². The molecule has 0 fully saturated rings. The van der Waals surface area contributed by atoms with Gasteiger partial charge in [0.1, 0.15) is 5.75 Å². The average molecular weight is 396 g/mol. The van der Waals surface area contributed by atoms with Crippen LogP contribution < -0.4 is 15.4 Å². The van der Waals surface area contributed by atoms with Crippen LogP contribution in [-0.4, -0.2) is 17.6 Å². The minimum Gasteiger partial charge on any atom is -0.494 e. The summed E-state index contributed by atoms with van der Waals surface area (Å²) < 4.78 is 44.3. The van der Waals surface area contributed by atoms with Gasteiger partial charge in [0.05, 0.1) is 17.9 Å². The summed E-state index contributed by atoms with van der Waals surface area (Å²) in [4.78, 5) is 11.9. The van der Waals surface area contributed by atoms with Crippen LogP contribution >= 0.6 is 12.2 Å². The molecule has 2 N–H and O–H groups in total. The lowest BCUT2D eigenvalue weighted by Crippen LogP contribution is -2.34. The summed E-state index contributed by atoms with van der Waals surface area (Å²) >= 11 is 4.92. The third-order valence-corrected chi connectivity index (χ3v) is 3.78. The summed E-state index contributed by atoms with van der Waals surface area (Å²) in [6.45, 7) is 2.31. The zero-order chi connectivity index (χ0) is 19.9. The second-order valence-electron chi connectivity index (χ2n) is 5.81. The molecule has 0 atom stereocenters. The topological polar surface area (TPSA) is 50.4 Å². The summed E-state index contributed by atoms with van der Waals surface area (Å²) in [6, 6.07) is 12.4. The number of carbonyl (C=O) groups is 1. The monoisotopic (exact) mass is 396 g/mol. The summed E-state index contributed by atoms with van der Waals surface area (Å²) in [6.07, 6.45) is -3.94. The second-order valence-corrected chi connectivity index (χ2v) is 6.22. The smallest absolute Gasteiger partial charge is 0.418 e. The number of halogens is 3. The van der Waals surface area contributed by atoms with Gasteiger partial charge < -0.3 is 15.4 Å². The largest absolute Gasteiger partial charge is 0.494 e. The fourth-order valence-corrected chi connectivity index (χ4v) is 2.46. The lowest BCUT2D eigenvalue weighted by Gasteiger charge is -2.15. The van der Waals surface area contributed by atoms with Gasteiger partial charge in [0, 0.05) is 6.42 Å². The summed E-state index contributed by atoms with van der Waals surface area (Å²) in [7, 11) is 0. The molecule has 0 aliphatic heterocycles. The van der Waals surface area contributed by atoms with E-state index >= 15 is 0 Å². The molecule has 2 aromatic rings. The van der Waals surface area contributed by atoms with Crippen LogP contribution in [0, 0.1) is 6.92 Å². The number of alkyl halides is 3.